The zero-order valence-corrected chi connectivity index (χ0v) is 15.4. The van der Waals surface area contributed by atoms with E-state index in [4.69, 9.17) is 20.9 Å². The summed E-state index contributed by atoms with van der Waals surface area (Å²) in [4.78, 5) is 13.8. The number of hydrogen-bond donors (Lipinski definition) is 0. The molecule has 25 heavy (non-hydrogen) atoms. The van der Waals surface area contributed by atoms with Gasteiger partial charge in [0.2, 0.25) is 0 Å². The molecule has 2 unspecified atom stereocenters. The molecule has 0 amide bonds. The molecule has 0 radical (unpaired) electrons. The molecule has 6 heteroatoms. The standard InChI is InChI=1S/C19H20ClNO3S/c20-19-8-12-4-13(9-19)7-18(6-12,11-19)17(22)23-10-14-5-15(24-21-14)16-2-1-3-25-16/h1-3,5,12-13H,4,6-11H2/t12-,13+,18?,19?. The van der Waals surface area contributed by atoms with Crippen LogP contribution in [0.5, 0.6) is 0 Å². The Bertz CT molecular complexity index is 785. The van der Waals surface area contributed by atoms with Crippen molar-refractivity contribution in [1.29, 1.82) is 0 Å². The third-order valence-electron chi connectivity index (χ3n) is 6.10. The molecule has 0 saturated heterocycles. The molecule has 4 aliphatic rings. The van der Waals surface area contributed by atoms with Crippen molar-refractivity contribution in [2.24, 2.45) is 17.3 Å². The van der Waals surface area contributed by atoms with Crippen LogP contribution in [0.25, 0.3) is 10.6 Å². The summed E-state index contributed by atoms with van der Waals surface area (Å²) in [5, 5.41) is 6.03. The van der Waals surface area contributed by atoms with Crippen molar-refractivity contribution in [3.63, 3.8) is 0 Å². The Hall–Kier alpha value is -1.33. The largest absolute Gasteiger partial charge is 0.459 e. The molecular weight excluding hydrogens is 358 g/mol. The van der Waals surface area contributed by atoms with Crippen LogP contribution in [0.1, 0.15) is 44.2 Å². The number of halogens is 1. The first kappa shape index (κ1) is 15.9. The van der Waals surface area contributed by atoms with E-state index in [1.54, 1.807) is 11.3 Å². The fourth-order valence-electron chi connectivity index (χ4n) is 5.60. The lowest BCUT2D eigenvalue weighted by atomic mass is 9.49. The van der Waals surface area contributed by atoms with Crippen molar-refractivity contribution in [3.8, 4) is 10.6 Å². The van der Waals surface area contributed by atoms with E-state index in [-0.39, 0.29) is 22.9 Å². The summed E-state index contributed by atoms with van der Waals surface area (Å²) < 4.78 is 11.0. The van der Waals surface area contributed by atoms with Crippen LogP contribution in [0.2, 0.25) is 0 Å². The van der Waals surface area contributed by atoms with Crippen LogP contribution in [0.4, 0.5) is 0 Å². The molecule has 0 spiro atoms. The molecule has 6 rings (SSSR count). The van der Waals surface area contributed by atoms with E-state index < -0.39 is 0 Å². The maximum atomic E-state index is 12.9. The molecule has 4 fully saturated rings. The minimum absolute atomic E-state index is 0.0905. The molecule has 0 aliphatic heterocycles. The van der Waals surface area contributed by atoms with Crippen molar-refractivity contribution in [3.05, 3.63) is 29.3 Å². The highest BCUT2D eigenvalue weighted by atomic mass is 35.5. The first-order chi connectivity index (χ1) is 12.0. The first-order valence-corrected chi connectivity index (χ1v) is 10.2. The number of nitrogens with zero attached hydrogens (tertiary/aromatic N) is 1. The Kier molecular flexibility index (Phi) is 3.55. The van der Waals surface area contributed by atoms with Gasteiger partial charge in [-0.1, -0.05) is 11.2 Å². The van der Waals surface area contributed by atoms with E-state index in [1.165, 1.54) is 6.42 Å². The summed E-state index contributed by atoms with van der Waals surface area (Å²) in [6.45, 7) is 0.167. The molecule has 4 aliphatic carbocycles. The summed E-state index contributed by atoms with van der Waals surface area (Å²) >= 11 is 8.40. The predicted octanol–water partition coefficient (Wildman–Crippen LogP) is 5.02. The lowest BCUT2D eigenvalue weighted by Crippen LogP contribution is -2.56. The van der Waals surface area contributed by atoms with Gasteiger partial charge in [-0.25, -0.2) is 0 Å². The molecule has 4 bridgehead atoms. The number of esters is 1. The van der Waals surface area contributed by atoms with Crippen LogP contribution in [-0.4, -0.2) is 16.0 Å². The minimum Gasteiger partial charge on any atom is -0.459 e. The van der Waals surface area contributed by atoms with Crippen molar-refractivity contribution in [1.82, 2.24) is 5.16 Å². The van der Waals surface area contributed by atoms with E-state index in [2.05, 4.69) is 5.16 Å². The average Bonchev–Trinajstić information content (AvgIpc) is 3.21. The Morgan fingerprint density at radius 3 is 2.84 bits per heavy atom. The Balaban J connectivity index is 1.28. The molecule has 4 nitrogen and oxygen atoms in total. The lowest BCUT2D eigenvalue weighted by molar-refractivity contribution is -0.171. The lowest BCUT2D eigenvalue weighted by Gasteiger charge is -2.58. The summed E-state index contributed by atoms with van der Waals surface area (Å²) in [7, 11) is 0. The van der Waals surface area contributed by atoms with Gasteiger partial charge >= 0.3 is 5.97 Å². The van der Waals surface area contributed by atoms with Gasteiger partial charge in [0.25, 0.3) is 0 Å². The van der Waals surface area contributed by atoms with Gasteiger partial charge in [0.1, 0.15) is 12.3 Å². The second kappa shape index (κ2) is 5.58. The van der Waals surface area contributed by atoms with Gasteiger partial charge in [0, 0.05) is 10.9 Å². The second-order valence-electron chi connectivity index (χ2n) is 8.13. The van der Waals surface area contributed by atoms with Crippen molar-refractivity contribution in [2.75, 3.05) is 0 Å². The number of carbonyl (C=O) groups is 1. The molecule has 2 aromatic heterocycles. The van der Waals surface area contributed by atoms with Gasteiger partial charge in [0.05, 0.1) is 10.3 Å². The third kappa shape index (κ3) is 2.72. The molecule has 2 heterocycles. The predicted molar refractivity (Wildman–Crippen MR) is 95.3 cm³/mol. The second-order valence-corrected chi connectivity index (χ2v) is 9.88. The van der Waals surface area contributed by atoms with E-state index in [1.807, 2.05) is 23.6 Å². The van der Waals surface area contributed by atoms with Crippen molar-refractivity contribution >= 4 is 28.9 Å². The number of carbonyl (C=O) groups excluding carboxylic acids is 1. The highest BCUT2D eigenvalue weighted by Gasteiger charge is 2.60. The number of rotatable bonds is 4. The van der Waals surface area contributed by atoms with Crippen molar-refractivity contribution in [2.45, 2.75) is 50.0 Å². The molecular formula is C19H20ClNO3S. The zero-order chi connectivity index (χ0) is 17.1. The first-order valence-electron chi connectivity index (χ1n) is 8.89. The molecule has 2 aromatic rings. The number of aromatic nitrogens is 1. The van der Waals surface area contributed by atoms with Crippen LogP contribution in [0.15, 0.2) is 28.1 Å². The van der Waals surface area contributed by atoms with E-state index in [9.17, 15) is 4.79 Å². The Morgan fingerprint density at radius 1 is 1.36 bits per heavy atom. The number of hydrogen-bond acceptors (Lipinski definition) is 5. The normalized spacial score (nSPS) is 35.9. The van der Waals surface area contributed by atoms with E-state index >= 15 is 0 Å². The maximum Gasteiger partial charge on any atom is 0.312 e. The fraction of sp³-hybridized carbons (Fsp3) is 0.579. The van der Waals surface area contributed by atoms with E-state index in [0.29, 0.717) is 17.5 Å². The molecule has 4 saturated carbocycles. The highest BCUT2D eigenvalue weighted by molar-refractivity contribution is 7.13. The van der Waals surface area contributed by atoms with Crippen LogP contribution < -0.4 is 0 Å². The number of alkyl halides is 1. The monoisotopic (exact) mass is 377 g/mol. The Labute approximate surface area is 155 Å². The summed E-state index contributed by atoms with van der Waals surface area (Å²) in [6, 6.07) is 5.80. The molecule has 0 aromatic carbocycles. The Morgan fingerprint density at radius 2 is 2.16 bits per heavy atom. The summed E-state index contributed by atoms with van der Waals surface area (Å²) in [5.74, 6) is 1.80. The summed E-state index contributed by atoms with van der Waals surface area (Å²) in [6.07, 6.45) is 6.01. The zero-order valence-electron chi connectivity index (χ0n) is 13.9. The van der Waals surface area contributed by atoms with Gasteiger partial charge in [0.15, 0.2) is 5.76 Å². The third-order valence-corrected chi connectivity index (χ3v) is 7.42. The minimum atomic E-state index is -0.369. The maximum absolute atomic E-state index is 12.9. The summed E-state index contributed by atoms with van der Waals surface area (Å²) in [5.41, 5.74) is 0.286. The van der Waals surface area contributed by atoms with Crippen LogP contribution in [-0.2, 0) is 16.1 Å². The fourth-order valence-corrected chi connectivity index (χ4v) is 6.96. The van der Waals surface area contributed by atoms with Crippen LogP contribution in [0, 0.1) is 17.3 Å². The van der Waals surface area contributed by atoms with E-state index in [0.717, 1.165) is 42.7 Å². The van der Waals surface area contributed by atoms with Gasteiger partial charge in [-0.3, -0.25) is 4.79 Å². The molecule has 0 N–H and O–H groups in total. The quantitative estimate of drug-likeness (QED) is 0.554. The molecule has 4 atom stereocenters. The molecule has 132 valence electrons. The van der Waals surface area contributed by atoms with Crippen LogP contribution in [0.3, 0.4) is 0 Å². The van der Waals surface area contributed by atoms with Gasteiger partial charge in [-0.15, -0.1) is 22.9 Å². The average molecular weight is 378 g/mol. The number of thiophene rings is 1. The van der Waals surface area contributed by atoms with Crippen molar-refractivity contribution < 1.29 is 14.1 Å². The topological polar surface area (TPSA) is 52.3 Å². The van der Waals surface area contributed by atoms with Gasteiger partial charge < -0.3 is 9.26 Å². The van der Waals surface area contributed by atoms with Crippen LogP contribution >= 0.6 is 22.9 Å². The van der Waals surface area contributed by atoms with Gasteiger partial charge in [-0.2, -0.15) is 0 Å². The SMILES string of the molecule is O=C(OCc1cc(-c2cccs2)on1)C12C[C@@H]3C[C@@H](CC(Cl)(C3)C1)C2. The number of ether oxygens (including phenoxy) is 1. The highest BCUT2D eigenvalue weighted by Crippen LogP contribution is 2.64. The van der Waals surface area contributed by atoms with Gasteiger partial charge in [-0.05, 0) is 61.8 Å². The smallest absolute Gasteiger partial charge is 0.312 e.